The highest BCUT2D eigenvalue weighted by molar-refractivity contribution is 6.33. The number of methoxy groups -OCH3 is 1. The summed E-state index contributed by atoms with van der Waals surface area (Å²) >= 11 is 6.36. The normalized spacial score (nSPS) is 10.2. The smallest absolute Gasteiger partial charge is 0.341 e. The van der Waals surface area contributed by atoms with Gasteiger partial charge in [0.05, 0.1) is 30.1 Å². The number of aryl methyl sites for hydroxylation is 1. The SMILES string of the molecule is CCOC(=O)c1cnc2c(OC)cccc2c1Nc1c(C)cccc1Cl.Cl. The lowest BCUT2D eigenvalue weighted by Crippen LogP contribution is -2.10. The molecule has 0 atom stereocenters. The van der Waals surface area contributed by atoms with Crippen molar-refractivity contribution in [3.05, 3.63) is 58.7 Å². The van der Waals surface area contributed by atoms with Crippen LogP contribution in [0.15, 0.2) is 42.6 Å². The average Bonchev–Trinajstić information content (AvgIpc) is 2.64. The van der Waals surface area contributed by atoms with Gasteiger partial charge in [-0.05, 0) is 31.5 Å². The molecular formula is C20H20Cl2N2O3. The van der Waals surface area contributed by atoms with Crippen molar-refractivity contribution in [3.8, 4) is 5.75 Å². The predicted octanol–water partition coefficient (Wildman–Crippen LogP) is 5.55. The van der Waals surface area contributed by atoms with E-state index >= 15 is 0 Å². The summed E-state index contributed by atoms with van der Waals surface area (Å²) < 4.78 is 10.6. The standard InChI is InChI=1S/C20H19ClN2O3.ClH/c1-4-26-20(24)14-11-22-19-13(8-6-10-16(19)25-3)18(14)23-17-12(2)7-5-9-15(17)21;/h5-11H,4H2,1-3H3,(H,22,23);1H. The number of hydrogen-bond donors (Lipinski definition) is 1. The lowest BCUT2D eigenvalue weighted by atomic mass is 10.1. The summed E-state index contributed by atoms with van der Waals surface area (Å²) in [7, 11) is 1.58. The number of nitrogens with one attached hydrogen (secondary N) is 1. The molecule has 1 N–H and O–H groups in total. The molecule has 0 aliphatic carbocycles. The molecule has 2 aromatic carbocycles. The molecule has 0 fully saturated rings. The minimum absolute atomic E-state index is 0. The lowest BCUT2D eigenvalue weighted by Gasteiger charge is -2.17. The highest BCUT2D eigenvalue weighted by Gasteiger charge is 2.19. The van der Waals surface area contributed by atoms with Crippen LogP contribution in [0.4, 0.5) is 11.4 Å². The topological polar surface area (TPSA) is 60.5 Å². The second-order valence-corrected chi connectivity index (χ2v) is 6.09. The third kappa shape index (κ3) is 4.10. The van der Waals surface area contributed by atoms with E-state index in [1.807, 2.05) is 37.3 Å². The summed E-state index contributed by atoms with van der Waals surface area (Å²) in [6.07, 6.45) is 1.50. The minimum atomic E-state index is -0.447. The van der Waals surface area contributed by atoms with Crippen molar-refractivity contribution in [1.82, 2.24) is 4.98 Å². The molecule has 7 heteroatoms. The van der Waals surface area contributed by atoms with Gasteiger partial charge >= 0.3 is 5.97 Å². The van der Waals surface area contributed by atoms with E-state index < -0.39 is 5.97 Å². The van der Waals surface area contributed by atoms with Crippen molar-refractivity contribution in [2.24, 2.45) is 0 Å². The van der Waals surface area contributed by atoms with Crippen molar-refractivity contribution in [2.75, 3.05) is 19.0 Å². The molecule has 0 bridgehead atoms. The highest BCUT2D eigenvalue weighted by Crippen LogP contribution is 2.36. The first-order valence-corrected chi connectivity index (χ1v) is 8.59. The van der Waals surface area contributed by atoms with Gasteiger partial charge in [-0.3, -0.25) is 4.98 Å². The predicted molar refractivity (Wildman–Crippen MR) is 111 cm³/mol. The second kappa shape index (κ2) is 8.93. The Morgan fingerprint density at radius 2 is 1.93 bits per heavy atom. The first kappa shape index (κ1) is 20.8. The summed E-state index contributed by atoms with van der Waals surface area (Å²) in [4.78, 5) is 16.9. The number of carbonyl (C=O) groups is 1. The number of pyridine rings is 1. The number of nitrogens with zero attached hydrogens (tertiary/aromatic N) is 1. The summed E-state index contributed by atoms with van der Waals surface area (Å²) in [5.41, 5.74) is 3.26. The minimum Gasteiger partial charge on any atom is -0.494 e. The number of benzene rings is 2. The van der Waals surface area contributed by atoms with Crippen LogP contribution >= 0.6 is 24.0 Å². The Kier molecular flexibility index (Phi) is 6.88. The van der Waals surface area contributed by atoms with E-state index in [1.165, 1.54) is 6.20 Å². The van der Waals surface area contributed by atoms with Crippen molar-refractivity contribution in [3.63, 3.8) is 0 Å². The zero-order valence-corrected chi connectivity index (χ0v) is 16.8. The fraction of sp³-hybridized carbons (Fsp3) is 0.200. The van der Waals surface area contributed by atoms with Crippen LogP contribution in [0.25, 0.3) is 10.9 Å². The molecule has 0 aliphatic heterocycles. The van der Waals surface area contributed by atoms with E-state index in [2.05, 4.69) is 10.3 Å². The van der Waals surface area contributed by atoms with Gasteiger partial charge in [0.15, 0.2) is 0 Å². The molecule has 0 unspecified atom stereocenters. The Morgan fingerprint density at radius 1 is 1.19 bits per heavy atom. The second-order valence-electron chi connectivity index (χ2n) is 5.68. The van der Waals surface area contributed by atoms with Gasteiger partial charge in [0, 0.05) is 11.6 Å². The first-order chi connectivity index (χ1) is 12.6. The molecule has 27 heavy (non-hydrogen) atoms. The Labute approximate surface area is 169 Å². The van der Waals surface area contributed by atoms with Crippen molar-refractivity contribution < 1.29 is 14.3 Å². The monoisotopic (exact) mass is 406 g/mol. The first-order valence-electron chi connectivity index (χ1n) is 8.21. The molecule has 0 radical (unpaired) electrons. The molecule has 3 aromatic rings. The molecule has 1 aromatic heterocycles. The van der Waals surface area contributed by atoms with E-state index in [9.17, 15) is 4.79 Å². The van der Waals surface area contributed by atoms with Crippen LogP contribution in [-0.4, -0.2) is 24.7 Å². The van der Waals surface area contributed by atoms with Gasteiger partial charge < -0.3 is 14.8 Å². The van der Waals surface area contributed by atoms with Gasteiger partial charge in [0.1, 0.15) is 16.8 Å². The lowest BCUT2D eigenvalue weighted by molar-refractivity contribution is 0.0527. The molecule has 0 saturated carbocycles. The van der Waals surface area contributed by atoms with E-state index in [1.54, 1.807) is 20.1 Å². The van der Waals surface area contributed by atoms with Crippen LogP contribution in [-0.2, 0) is 4.74 Å². The number of para-hydroxylation sites is 2. The summed E-state index contributed by atoms with van der Waals surface area (Å²) in [5, 5.41) is 4.62. The fourth-order valence-electron chi connectivity index (χ4n) is 2.77. The molecular weight excluding hydrogens is 387 g/mol. The van der Waals surface area contributed by atoms with E-state index in [4.69, 9.17) is 21.1 Å². The number of esters is 1. The molecule has 142 valence electrons. The molecule has 0 saturated heterocycles. The largest absolute Gasteiger partial charge is 0.494 e. The van der Waals surface area contributed by atoms with Gasteiger partial charge in [-0.25, -0.2) is 4.79 Å². The Balaban J connectivity index is 0.00000261. The number of hydrogen-bond acceptors (Lipinski definition) is 5. The third-order valence-electron chi connectivity index (χ3n) is 4.05. The zero-order valence-electron chi connectivity index (χ0n) is 15.2. The van der Waals surface area contributed by atoms with Gasteiger partial charge in [-0.1, -0.05) is 35.9 Å². The van der Waals surface area contributed by atoms with Gasteiger partial charge in [0.2, 0.25) is 0 Å². The third-order valence-corrected chi connectivity index (χ3v) is 4.36. The van der Waals surface area contributed by atoms with E-state index in [0.29, 0.717) is 27.5 Å². The molecule has 5 nitrogen and oxygen atoms in total. The van der Waals surface area contributed by atoms with Crippen LogP contribution in [0.3, 0.4) is 0 Å². The number of ether oxygens (including phenoxy) is 2. The van der Waals surface area contributed by atoms with Gasteiger partial charge in [0.25, 0.3) is 0 Å². The Morgan fingerprint density at radius 3 is 2.59 bits per heavy atom. The number of aromatic nitrogens is 1. The summed E-state index contributed by atoms with van der Waals surface area (Å²) in [5.74, 6) is 0.175. The van der Waals surface area contributed by atoms with Crippen LogP contribution in [0.2, 0.25) is 5.02 Å². The molecule has 1 heterocycles. The quantitative estimate of drug-likeness (QED) is 0.562. The molecule has 3 rings (SSSR count). The van der Waals surface area contributed by atoms with Gasteiger partial charge in [-0.15, -0.1) is 12.4 Å². The van der Waals surface area contributed by atoms with Crippen LogP contribution in [0.5, 0.6) is 5.75 Å². The summed E-state index contributed by atoms with van der Waals surface area (Å²) in [6.45, 7) is 3.99. The molecule has 0 aliphatic rings. The average molecular weight is 407 g/mol. The van der Waals surface area contributed by atoms with Crippen molar-refractivity contribution in [1.29, 1.82) is 0 Å². The highest BCUT2D eigenvalue weighted by atomic mass is 35.5. The van der Waals surface area contributed by atoms with Crippen LogP contribution in [0.1, 0.15) is 22.8 Å². The Hall–Kier alpha value is -2.50. The fourth-order valence-corrected chi connectivity index (χ4v) is 3.04. The number of halogens is 2. The van der Waals surface area contributed by atoms with Crippen LogP contribution in [0, 0.1) is 6.92 Å². The number of fused-ring (bicyclic) bond motifs is 1. The van der Waals surface area contributed by atoms with E-state index in [-0.39, 0.29) is 19.0 Å². The number of carbonyl (C=O) groups excluding carboxylic acids is 1. The maximum Gasteiger partial charge on any atom is 0.341 e. The molecule has 0 spiro atoms. The molecule has 0 amide bonds. The van der Waals surface area contributed by atoms with Crippen molar-refractivity contribution in [2.45, 2.75) is 13.8 Å². The zero-order chi connectivity index (χ0) is 18.7. The van der Waals surface area contributed by atoms with Crippen molar-refractivity contribution >= 4 is 52.3 Å². The van der Waals surface area contributed by atoms with Crippen LogP contribution < -0.4 is 10.1 Å². The maximum atomic E-state index is 12.5. The van der Waals surface area contributed by atoms with E-state index in [0.717, 1.165) is 16.6 Å². The Bertz CT molecular complexity index is 957. The summed E-state index contributed by atoms with van der Waals surface area (Å²) in [6, 6.07) is 11.2. The number of rotatable bonds is 5. The maximum absolute atomic E-state index is 12.5. The number of anilines is 2. The van der Waals surface area contributed by atoms with Gasteiger partial charge in [-0.2, -0.15) is 0 Å².